The summed E-state index contributed by atoms with van der Waals surface area (Å²) >= 11 is 4.31. The Morgan fingerprint density at radius 1 is 0.500 bits per heavy atom. The Labute approximate surface area is 336 Å². The fourth-order valence-electron chi connectivity index (χ4n) is 7.68. The predicted octanol–water partition coefficient (Wildman–Crippen LogP) is 15.0. The number of pyridine rings is 2. The number of hydrogen-bond donors (Lipinski definition) is 0. The van der Waals surface area contributed by atoms with Crippen molar-refractivity contribution in [1.29, 1.82) is 0 Å². The van der Waals surface area contributed by atoms with Crippen LogP contribution in [0.25, 0.3) is 43.5 Å². The molecule has 0 atom stereocenters. The highest BCUT2D eigenvalue weighted by Crippen LogP contribution is 2.53. The maximum atomic E-state index is 6.81. The van der Waals surface area contributed by atoms with Crippen LogP contribution in [0.3, 0.4) is 0 Å². The molecule has 0 N–H and O–H groups in total. The molecule has 0 saturated heterocycles. The molecule has 9 rings (SSSR count). The zero-order chi connectivity index (χ0) is 38.8. The molecule has 9 aromatic rings. The molecular formula is C50H43BrN4O. The fraction of sp³-hybridized carbons (Fsp3) is 0.160. The van der Waals surface area contributed by atoms with Gasteiger partial charge in [-0.05, 0) is 115 Å². The molecule has 5 nitrogen and oxygen atoms in total. The fourth-order valence-corrected chi connectivity index (χ4v) is 8.34. The highest BCUT2D eigenvalue weighted by molar-refractivity contribution is 9.10. The van der Waals surface area contributed by atoms with Crippen LogP contribution >= 0.6 is 15.9 Å². The molecular weight excluding hydrogens is 752 g/mol. The molecule has 0 amide bonds. The molecule has 0 aliphatic rings. The lowest BCUT2D eigenvalue weighted by Crippen LogP contribution is -2.16. The molecule has 3 heterocycles. The summed E-state index contributed by atoms with van der Waals surface area (Å²) in [6.07, 6.45) is 7.52. The third-order valence-corrected chi connectivity index (χ3v) is 11.6. The molecule has 0 aliphatic carbocycles. The van der Waals surface area contributed by atoms with E-state index in [-0.39, 0.29) is 10.8 Å². The van der Waals surface area contributed by atoms with Crippen LogP contribution < -0.4 is 9.80 Å². The quantitative estimate of drug-likeness (QED) is 0.168. The Hall–Kier alpha value is -5.98. The zero-order valence-electron chi connectivity index (χ0n) is 32.5. The van der Waals surface area contributed by atoms with Gasteiger partial charge in [-0.15, -0.1) is 0 Å². The molecule has 3 aromatic heterocycles. The second kappa shape index (κ2) is 13.6. The van der Waals surface area contributed by atoms with Crippen LogP contribution in [0.4, 0.5) is 34.1 Å². The van der Waals surface area contributed by atoms with Gasteiger partial charge in [-0.1, -0.05) is 96.1 Å². The van der Waals surface area contributed by atoms with Gasteiger partial charge in [-0.25, -0.2) is 0 Å². The third-order valence-electron chi connectivity index (χ3n) is 10.8. The van der Waals surface area contributed by atoms with Gasteiger partial charge in [-0.2, -0.15) is 0 Å². The lowest BCUT2D eigenvalue weighted by atomic mass is 9.86. The first-order valence-electron chi connectivity index (χ1n) is 19.1. The van der Waals surface area contributed by atoms with Crippen LogP contribution in [-0.4, -0.2) is 9.97 Å². The normalized spacial score (nSPS) is 12.2. The SMILES string of the molecule is CC(C)(C)c1ccc(N(c2ccc(C(C)(C)C)cc2)c2c(Br)c(N(c3ccc4cnccc4c3)c3ccc4cnccc4c3)cc3oc4ccccc4c23)cc1. The standard InChI is InChI=1S/C50H43BrN4O/c1-49(2,3)36-13-19-38(20-14-36)55(39-21-15-37(16-22-39)50(4,5)6)48-46-42-9-7-8-10-44(42)56-45(46)29-43(47(48)51)54(40-17-11-34-30-52-25-23-32(34)27-40)41-18-12-35-31-53-26-24-33(35)28-41/h7-31H,1-6H3. The molecule has 276 valence electrons. The van der Waals surface area contributed by atoms with E-state index < -0.39 is 0 Å². The maximum Gasteiger partial charge on any atom is 0.139 e. The maximum absolute atomic E-state index is 6.81. The van der Waals surface area contributed by atoms with Crippen LogP contribution in [0, 0.1) is 0 Å². The van der Waals surface area contributed by atoms with Crippen molar-refractivity contribution in [3.63, 3.8) is 0 Å². The molecule has 0 bridgehead atoms. The third kappa shape index (κ3) is 6.38. The predicted molar refractivity (Wildman–Crippen MR) is 239 cm³/mol. The average Bonchev–Trinajstić information content (AvgIpc) is 3.57. The Kier molecular flexibility index (Phi) is 8.70. The van der Waals surface area contributed by atoms with Crippen molar-refractivity contribution < 1.29 is 4.42 Å². The summed E-state index contributed by atoms with van der Waals surface area (Å²) in [6.45, 7) is 13.5. The van der Waals surface area contributed by atoms with Crippen molar-refractivity contribution in [3.8, 4) is 0 Å². The summed E-state index contributed by atoms with van der Waals surface area (Å²) in [5, 5.41) is 6.45. The molecule has 6 aromatic carbocycles. The highest BCUT2D eigenvalue weighted by atomic mass is 79.9. The molecule has 6 heteroatoms. The van der Waals surface area contributed by atoms with E-state index in [2.05, 4.69) is 199 Å². The van der Waals surface area contributed by atoms with Gasteiger partial charge in [0.2, 0.25) is 0 Å². The number of anilines is 6. The summed E-state index contributed by atoms with van der Waals surface area (Å²) in [5.74, 6) is 0. The summed E-state index contributed by atoms with van der Waals surface area (Å²) in [7, 11) is 0. The average molecular weight is 796 g/mol. The first kappa shape index (κ1) is 35.7. The first-order chi connectivity index (χ1) is 26.9. The number of hydrogen-bond acceptors (Lipinski definition) is 5. The minimum atomic E-state index is 0.0125. The minimum absolute atomic E-state index is 0.0125. The number of para-hydroxylation sites is 1. The van der Waals surface area contributed by atoms with Crippen molar-refractivity contribution in [2.24, 2.45) is 0 Å². The monoisotopic (exact) mass is 794 g/mol. The van der Waals surface area contributed by atoms with Crippen LogP contribution in [0.1, 0.15) is 52.7 Å². The summed E-state index contributed by atoms with van der Waals surface area (Å²) in [6, 6.07) is 45.8. The smallest absolute Gasteiger partial charge is 0.139 e. The number of benzene rings is 6. The molecule has 0 spiro atoms. The van der Waals surface area contributed by atoms with Crippen molar-refractivity contribution in [2.75, 3.05) is 9.80 Å². The van der Waals surface area contributed by atoms with Crippen molar-refractivity contribution in [2.45, 2.75) is 52.4 Å². The second-order valence-electron chi connectivity index (χ2n) is 16.6. The lowest BCUT2D eigenvalue weighted by molar-refractivity contribution is 0.590. The number of nitrogens with zero attached hydrogens (tertiary/aromatic N) is 4. The molecule has 56 heavy (non-hydrogen) atoms. The molecule has 0 fully saturated rings. The van der Waals surface area contributed by atoms with Crippen molar-refractivity contribution in [3.05, 3.63) is 168 Å². The van der Waals surface area contributed by atoms with Gasteiger partial charge >= 0.3 is 0 Å². The van der Waals surface area contributed by atoms with E-state index >= 15 is 0 Å². The van der Waals surface area contributed by atoms with Crippen LogP contribution in [-0.2, 0) is 10.8 Å². The Balaban J connectivity index is 1.37. The first-order valence-corrected chi connectivity index (χ1v) is 19.9. The van der Waals surface area contributed by atoms with Crippen LogP contribution in [0.2, 0.25) is 0 Å². The van der Waals surface area contributed by atoms with Gasteiger partial charge < -0.3 is 14.2 Å². The van der Waals surface area contributed by atoms with Gasteiger partial charge in [0.25, 0.3) is 0 Å². The van der Waals surface area contributed by atoms with Gasteiger partial charge in [-0.3, -0.25) is 9.97 Å². The Bertz CT molecular complexity index is 2760. The Morgan fingerprint density at radius 2 is 1.00 bits per heavy atom. The number of fused-ring (bicyclic) bond motifs is 5. The Morgan fingerprint density at radius 3 is 1.52 bits per heavy atom. The summed E-state index contributed by atoms with van der Waals surface area (Å²) in [4.78, 5) is 13.5. The number of halogens is 1. The topological polar surface area (TPSA) is 45.4 Å². The zero-order valence-corrected chi connectivity index (χ0v) is 34.1. The molecule has 0 radical (unpaired) electrons. The highest BCUT2D eigenvalue weighted by Gasteiger charge is 2.29. The van der Waals surface area contributed by atoms with E-state index in [1.54, 1.807) is 0 Å². The van der Waals surface area contributed by atoms with E-state index in [1.165, 1.54) is 11.1 Å². The van der Waals surface area contributed by atoms with E-state index in [1.807, 2.05) is 30.9 Å². The molecule has 0 saturated carbocycles. The van der Waals surface area contributed by atoms with Crippen LogP contribution in [0.15, 0.2) is 161 Å². The summed E-state index contributed by atoms with van der Waals surface area (Å²) in [5.41, 5.74) is 10.3. The number of aromatic nitrogens is 2. The lowest BCUT2D eigenvalue weighted by Gasteiger charge is -2.32. The van der Waals surface area contributed by atoms with Crippen LogP contribution in [0.5, 0.6) is 0 Å². The molecule has 0 aliphatic heterocycles. The van der Waals surface area contributed by atoms with E-state index in [0.717, 1.165) is 82.1 Å². The van der Waals surface area contributed by atoms with Gasteiger partial charge in [0.15, 0.2) is 0 Å². The largest absolute Gasteiger partial charge is 0.456 e. The minimum Gasteiger partial charge on any atom is -0.456 e. The van der Waals surface area contributed by atoms with Crippen molar-refractivity contribution >= 4 is 93.5 Å². The van der Waals surface area contributed by atoms with E-state index in [0.29, 0.717) is 0 Å². The number of furan rings is 1. The summed E-state index contributed by atoms with van der Waals surface area (Å²) < 4.78 is 7.74. The van der Waals surface area contributed by atoms with Gasteiger partial charge in [0, 0.05) is 69.8 Å². The van der Waals surface area contributed by atoms with E-state index in [4.69, 9.17) is 4.42 Å². The van der Waals surface area contributed by atoms with Gasteiger partial charge in [0.1, 0.15) is 11.2 Å². The van der Waals surface area contributed by atoms with Crippen molar-refractivity contribution in [1.82, 2.24) is 9.97 Å². The number of rotatable bonds is 6. The van der Waals surface area contributed by atoms with Gasteiger partial charge in [0.05, 0.1) is 21.2 Å². The van der Waals surface area contributed by atoms with E-state index in [9.17, 15) is 0 Å². The molecule has 0 unspecified atom stereocenters. The second-order valence-corrected chi connectivity index (χ2v) is 17.4.